The van der Waals surface area contributed by atoms with Gasteiger partial charge in [-0.25, -0.2) is 13.1 Å². The van der Waals surface area contributed by atoms with E-state index < -0.39 is 10.0 Å². The van der Waals surface area contributed by atoms with E-state index >= 15 is 0 Å². The molecule has 0 unspecified atom stereocenters. The minimum absolute atomic E-state index is 0.173. The van der Waals surface area contributed by atoms with Gasteiger partial charge in [-0.3, -0.25) is 0 Å². The SMILES string of the molecule is CCCCOCCCNS(=O)(=O)Cc1ccccc1C#N. The van der Waals surface area contributed by atoms with E-state index in [2.05, 4.69) is 11.6 Å². The molecule has 5 nitrogen and oxygen atoms in total. The molecule has 0 aliphatic carbocycles. The summed E-state index contributed by atoms with van der Waals surface area (Å²) in [5.41, 5.74) is 0.914. The summed E-state index contributed by atoms with van der Waals surface area (Å²) in [4.78, 5) is 0. The normalized spacial score (nSPS) is 11.2. The molecule has 1 N–H and O–H groups in total. The predicted octanol–water partition coefficient (Wildman–Crippen LogP) is 2.18. The molecule has 0 amide bonds. The zero-order valence-corrected chi connectivity index (χ0v) is 13.2. The number of unbranched alkanes of at least 4 members (excludes halogenated alkanes) is 1. The van der Waals surface area contributed by atoms with E-state index in [4.69, 9.17) is 10.00 Å². The minimum Gasteiger partial charge on any atom is -0.381 e. The van der Waals surface area contributed by atoms with E-state index in [1.807, 2.05) is 6.07 Å². The van der Waals surface area contributed by atoms with Crippen LogP contribution in [-0.4, -0.2) is 28.2 Å². The fourth-order valence-electron chi connectivity index (χ4n) is 1.76. The molecule has 0 atom stereocenters. The lowest BCUT2D eigenvalue weighted by molar-refractivity contribution is 0.130. The van der Waals surface area contributed by atoms with Crippen LogP contribution in [0.3, 0.4) is 0 Å². The average Bonchev–Trinajstić information content (AvgIpc) is 2.46. The number of nitrogens with zero attached hydrogens (tertiary/aromatic N) is 1. The highest BCUT2D eigenvalue weighted by Gasteiger charge is 2.13. The maximum absolute atomic E-state index is 11.9. The van der Waals surface area contributed by atoms with Gasteiger partial charge in [0.05, 0.1) is 17.4 Å². The highest BCUT2D eigenvalue weighted by atomic mass is 32.2. The monoisotopic (exact) mass is 310 g/mol. The van der Waals surface area contributed by atoms with E-state index in [0.29, 0.717) is 30.7 Å². The number of sulfonamides is 1. The smallest absolute Gasteiger partial charge is 0.215 e. The van der Waals surface area contributed by atoms with Crippen molar-refractivity contribution in [2.24, 2.45) is 0 Å². The van der Waals surface area contributed by atoms with Crippen LogP contribution >= 0.6 is 0 Å². The second-order valence-corrected chi connectivity index (χ2v) is 6.55. The maximum atomic E-state index is 11.9. The molecule has 0 radical (unpaired) electrons. The van der Waals surface area contributed by atoms with Crippen LogP contribution in [0.1, 0.15) is 37.3 Å². The van der Waals surface area contributed by atoms with Crippen LogP contribution in [-0.2, 0) is 20.5 Å². The number of ether oxygens (including phenoxy) is 1. The van der Waals surface area contributed by atoms with Crippen LogP contribution in [0.5, 0.6) is 0 Å². The summed E-state index contributed by atoms with van der Waals surface area (Å²) in [6.45, 7) is 3.72. The molecule has 21 heavy (non-hydrogen) atoms. The second kappa shape index (κ2) is 9.50. The molecule has 1 aromatic rings. The summed E-state index contributed by atoms with van der Waals surface area (Å²) in [6, 6.07) is 8.73. The summed E-state index contributed by atoms with van der Waals surface area (Å²) in [5, 5.41) is 8.95. The van der Waals surface area contributed by atoms with Crippen LogP contribution in [0.15, 0.2) is 24.3 Å². The predicted molar refractivity (Wildman–Crippen MR) is 82.1 cm³/mol. The zero-order chi connectivity index (χ0) is 15.6. The van der Waals surface area contributed by atoms with E-state index in [-0.39, 0.29) is 5.75 Å². The molecule has 0 saturated heterocycles. The van der Waals surface area contributed by atoms with Crippen molar-refractivity contribution >= 4 is 10.0 Å². The summed E-state index contributed by atoms with van der Waals surface area (Å²) >= 11 is 0. The molecule has 0 saturated carbocycles. The summed E-state index contributed by atoms with van der Waals surface area (Å²) in [6.07, 6.45) is 2.75. The van der Waals surface area contributed by atoms with Crippen molar-refractivity contribution in [2.45, 2.75) is 31.9 Å². The molecule has 0 fully saturated rings. The van der Waals surface area contributed by atoms with Gasteiger partial charge in [0, 0.05) is 19.8 Å². The van der Waals surface area contributed by atoms with Gasteiger partial charge < -0.3 is 4.74 Å². The third kappa shape index (κ3) is 7.23. The van der Waals surface area contributed by atoms with Crippen molar-refractivity contribution < 1.29 is 13.2 Å². The Morgan fingerprint density at radius 1 is 1.24 bits per heavy atom. The van der Waals surface area contributed by atoms with Crippen LogP contribution in [0.25, 0.3) is 0 Å². The Morgan fingerprint density at radius 3 is 2.67 bits per heavy atom. The van der Waals surface area contributed by atoms with E-state index in [0.717, 1.165) is 19.4 Å². The van der Waals surface area contributed by atoms with Crippen molar-refractivity contribution in [1.29, 1.82) is 5.26 Å². The van der Waals surface area contributed by atoms with E-state index in [1.165, 1.54) is 0 Å². The van der Waals surface area contributed by atoms with Gasteiger partial charge in [0.15, 0.2) is 0 Å². The van der Waals surface area contributed by atoms with E-state index in [9.17, 15) is 8.42 Å². The largest absolute Gasteiger partial charge is 0.381 e. The van der Waals surface area contributed by atoms with Crippen LogP contribution in [0, 0.1) is 11.3 Å². The molecular weight excluding hydrogens is 288 g/mol. The molecule has 1 rings (SSSR count). The highest BCUT2D eigenvalue weighted by molar-refractivity contribution is 7.88. The Labute approximate surface area is 127 Å². The van der Waals surface area contributed by atoms with Gasteiger partial charge in [0.1, 0.15) is 0 Å². The van der Waals surface area contributed by atoms with Gasteiger partial charge in [-0.15, -0.1) is 0 Å². The van der Waals surface area contributed by atoms with Crippen molar-refractivity contribution in [3.05, 3.63) is 35.4 Å². The Hall–Kier alpha value is -1.42. The fourth-order valence-corrected chi connectivity index (χ4v) is 2.98. The molecule has 0 bridgehead atoms. The average molecular weight is 310 g/mol. The molecule has 0 aliphatic heterocycles. The molecule has 0 aromatic heterocycles. The highest BCUT2D eigenvalue weighted by Crippen LogP contribution is 2.10. The lowest BCUT2D eigenvalue weighted by Crippen LogP contribution is -2.27. The van der Waals surface area contributed by atoms with Gasteiger partial charge in [0.25, 0.3) is 0 Å². The quantitative estimate of drug-likeness (QED) is 0.672. The number of benzene rings is 1. The lowest BCUT2D eigenvalue weighted by atomic mass is 10.1. The van der Waals surface area contributed by atoms with Gasteiger partial charge in [0.2, 0.25) is 10.0 Å². The Bertz CT molecular complexity index is 565. The van der Waals surface area contributed by atoms with Crippen LogP contribution in [0.2, 0.25) is 0 Å². The van der Waals surface area contributed by atoms with Crippen molar-refractivity contribution in [3.8, 4) is 6.07 Å². The zero-order valence-electron chi connectivity index (χ0n) is 12.3. The fraction of sp³-hybridized carbons (Fsp3) is 0.533. The molecule has 0 heterocycles. The minimum atomic E-state index is -3.42. The number of nitriles is 1. The Kier molecular flexibility index (Phi) is 7.98. The molecule has 0 spiro atoms. The first-order valence-corrected chi connectivity index (χ1v) is 8.77. The van der Waals surface area contributed by atoms with Gasteiger partial charge in [-0.05, 0) is 24.5 Å². The Morgan fingerprint density at radius 2 is 1.95 bits per heavy atom. The van der Waals surface area contributed by atoms with E-state index in [1.54, 1.807) is 24.3 Å². The number of hydrogen-bond donors (Lipinski definition) is 1. The summed E-state index contributed by atoms with van der Waals surface area (Å²) in [7, 11) is -3.42. The first-order chi connectivity index (χ1) is 10.1. The number of nitrogens with one attached hydrogen (secondary N) is 1. The molecule has 1 aromatic carbocycles. The third-order valence-electron chi connectivity index (χ3n) is 2.91. The van der Waals surface area contributed by atoms with Gasteiger partial charge in [-0.1, -0.05) is 31.5 Å². The third-order valence-corrected chi connectivity index (χ3v) is 4.25. The topological polar surface area (TPSA) is 79.2 Å². The summed E-state index contributed by atoms with van der Waals surface area (Å²) < 4.78 is 31.8. The molecular formula is C15H22N2O3S. The van der Waals surface area contributed by atoms with Crippen molar-refractivity contribution in [1.82, 2.24) is 4.72 Å². The van der Waals surface area contributed by atoms with Gasteiger partial charge >= 0.3 is 0 Å². The number of hydrogen-bond acceptors (Lipinski definition) is 4. The molecule has 6 heteroatoms. The van der Waals surface area contributed by atoms with Crippen LogP contribution in [0.4, 0.5) is 0 Å². The lowest BCUT2D eigenvalue weighted by Gasteiger charge is -2.08. The maximum Gasteiger partial charge on any atom is 0.215 e. The molecule has 116 valence electrons. The summed E-state index contributed by atoms with van der Waals surface area (Å²) in [5.74, 6) is -0.173. The Balaban J connectivity index is 2.36. The van der Waals surface area contributed by atoms with Crippen molar-refractivity contribution in [2.75, 3.05) is 19.8 Å². The standard InChI is InChI=1S/C15H22N2O3S/c1-2-3-10-20-11-6-9-17-21(18,19)13-15-8-5-4-7-14(15)12-16/h4-5,7-8,17H,2-3,6,9-11,13H2,1H3. The first kappa shape index (κ1) is 17.6. The molecule has 0 aliphatic rings. The van der Waals surface area contributed by atoms with Gasteiger partial charge in [-0.2, -0.15) is 5.26 Å². The van der Waals surface area contributed by atoms with Crippen molar-refractivity contribution in [3.63, 3.8) is 0 Å². The first-order valence-electron chi connectivity index (χ1n) is 7.12. The van der Waals surface area contributed by atoms with Crippen LogP contribution < -0.4 is 4.72 Å². The number of rotatable bonds is 10. The second-order valence-electron chi connectivity index (χ2n) is 4.74.